The molecule has 5 heteroatoms. The van der Waals surface area contributed by atoms with E-state index in [4.69, 9.17) is 10.9 Å². The summed E-state index contributed by atoms with van der Waals surface area (Å²) >= 11 is 0. The summed E-state index contributed by atoms with van der Waals surface area (Å²) in [6.07, 6.45) is 1.67. The minimum absolute atomic E-state index is 0.191. The molecular formula is C12H26N4O. The van der Waals surface area contributed by atoms with Crippen molar-refractivity contribution < 1.29 is 5.21 Å². The van der Waals surface area contributed by atoms with Crippen LogP contribution in [-0.2, 0) is 0 Å². The van der Waals surface area contributed by atoms with Crippen LogP contribution in [0.5, 0.6) is 0 Å². The number of hydrogen-bond donors (Lipinski definition) is 2. The molecule has 1 aliphatic heterocycles. The Labute approximate surface area is 104 Å². The lowest BCUT2D eigenvalue weighted by molar-refractivity contribution is 0.0171. The van der Waals surface area contributed by atoms with Crippen molar-refractivity contribution in [3.8, 4) is 0 Å². The molecule has 1 unspecified atom stereocenters. The molecule has 5 nitrogen and oxygen atoms in total. The van der Waals surface area contributed by atoms with Crippen LogP contribution in [-0.4, -0.2) is 59.1 Å². The first-order valence-corrected chi connectivity index (χ1v) is 6.32. The molecule has 3 N–H and O–H groups in total. The Hall–Kier alpha value is -0.810. The second-order valence-corrected chi connectivity index (χ2v) is 5.56. The molecule has 100 valence electrons. The van der Waals surface area contributed by atoms with Gasteiger partial charge in [-0.3, -0.25) is 9.80 Å². The van der Waals surface area contributed by atoms with E-state index < -0.39 is 0 Å². The van der Waals surface area contributed by atoms with E-state index in [0.717, 1.165) is 26.1 Å². The Bertz CT molecular complexity index is 278. The fourth-order valence-electron chi connectivity index (χ4n) is 2.40. The van der Waals surface area contributed by atoms with Gasteiger partial charge in [-0.1, -0.05) is 12.1 Å². The third-order valence-electron chi connectivity index (χ3n) is 3.91. The van der Waals surface area contributed by atoms with E-state index in [-0.39, 0.29) is 5.54 Å². The van der Waals surface area contributed by atoms with E-state index in [9.17, 15) is 0 Å². The van der Waals surface area contributed by atoms with Crippen LogP contribution in [0.1, 0.15) is 33.6 Å². The zero-order chi connectivity index (χ0) is 13.1. The molecule has 1 heterocycles. The molecule has 0 aromatic heterocycles. The zero-order valence-electron chi connectivity index (χ0n) is 11.5. The first-order valence-electron chi connectivity index (χ1n) is 6.32. The molecule has 0 amide bonds. The summed E-state index contributed by atoms with van der Waals surface area (Å²) in [4.78, 5) is 4.84. The van der Waals surface area contributed by atoms with Gasteiger partial charge in [0.05, 0.1) is 0 Å². The van der Waals surface area contributed by atoms with Gasteiger partial charge >= 0.3 is 0 Å². The molecule has 1 atom stereocenters. The quantitative estimate of drug-likeness (QED) is 0.333. The van der Waals surface area contributed by atoms with Crippen LogP contribution >= 0.6 is 0 Å². The predicted octanol–water partition coefficient (Wildman–Crippen LogP) is 0.928. The van der Waals surface area contributed by atoms with E-state index >= 15 is 0 Å². The number of likely N-dealkylation sites (N-methyl/N-ethyl adjacent to an activating group) is 1. The van der Waals surface area contributed by atoms with Crippen molar-refractivity contribution in [3.05, 3.63) is 0 Å². The Morgan fingerprint density at radius 1 is 1.47 bits per heavy atom. The van der Waals surface area contributed by atoms with Gasteiger partial charge < -0.3 is 10.9 Å². The molecule has 17 heavy (non-hydrogen) atoms. The largest absolute Gasteiger partial charge is 0.409 e. The predicted molar refractivity (Wildman–Crippen MR) is 70.4 cm³/mol. The summed E-state index contributed by atoms with van der Waals surface area (Å²) in [5, 5.41) is 11.7. The molecule has 0 aromatic rings. The van der Waals surface area contributed by atoms with Crippen molar-refractivity contribution in [2.24, 2.45) is 10.9 Å². The smallest absolute Gasteiger partial charge is 0.140 e. The van der Waals surface area contributed by atoms with Gasteiger partial charge in [-0.15, -0.1) is 0 Å². The van der Waals surface area contributed by atoms with Crippen LogP contribution in [0.3, 0.4) is 0 Å². The van der Waals surface area contributed by atoms with Gasteiger partial charge in [0, 0.05) is 37.6 Å². The maximum Gasteiger partial charge on any atom is 0.140 e. The summed E-state index contributed by atoms with van der Waals surface area (Å²) in [6.45, 7) is 9.82. The summed E-state index contributed by atoms with van der Waals surface area (Å²) < 4.78 is 0. The number of rotatable bonds is 4. The summed E-state index contributed by atoms with van der Waals surface area (Å²) in [6, 6.07) is 0.374. The molecule has 0 saturated carbocycles. The number of nitrogens with two attached hydrogens (primary N) is 1. The maximum atomic E-state index is 8.66. The van der Waals surface area contributed by atoms with Gasteiger partial charge in [0.2, 0.25) is 0 Å². The van der Waals surface area contributed by atoms with Crippen molar-refractivity contribution in [1.29, 1.82) is 0 Å². The van der Waals surface area contributed by atoms with E-state index in [0.29, 0.717) is 18.3 Å². The molecule has 0 bridgehead atoms. The molecule has 1 aliphatic rings. The summed E-state index contributed by atoms with van der Waals surface area (Å²) in [7, 11) is 2.17. The molecule has 1 rings (SSSR count). The first kappa shape index (κ1) is 14.3. The van der Waals surface area contributed by atoms with Crippen molar-refractivity contribution in [3.63, 3.8) is 0 Å². The Kier molecular flexibility index (Phi) is 4.77. The average molecular weight is 242 g/mol. The Morgan fingerprint density at radius 3 is 2.59 bits per heavy atom. The highest BCUT2D eigenvalue weighted by molar-refractivity contribution is 5.80. The topological polar surface area (TPSA) is 65.1 Å². The SMILES string of the molecule is CCC(CC(N)=NO)N1CCN(C)C(C)(C)C1. The second kappa shape index (κ2) is 5.69. The standard InChI is InChI=1S/C12H26N4O/c1-5-10(8-11(13)14-17)16-7-6-15(4)12(2,3)9-16/h10,17H,5-9H2,1-4H3,(H2,13,14). The van der Waals surface area contributed by atoms with Crippen molar-refractivity contribution in [1.82, 2.24) is 9.80 Å². The highest BCUT2D eigenvalue weighted by atomic mass is 16.4. The van der Waals surface area contributed by atoms with Gasteiger partial charge in [0.15, 0.2) is 0 Å². The molecule has 1 fully saturated rings. The maximum absolute atomic E-state index is 8.66. The first-order chi connectivity index (χ1) is 7.90. The van der Waals surface area contributed by atoms with E-state index in [1.165, 1.54) is 0 Å². The van der Waals surface area contributed by atoms with Crippen molar-refractivity contribution in [2.45, 2.75) is 45.2 Å². The second-order valence-electron chi connectivity index (χ2n) is 5.56. The average Bonchev–Trinajstić information content (AvgIpc) is 2.29. The monoisotopic (exact) mass is 242 g/mol. The molecule has 0 spiro atoms. The van der Waals surface area contributed by atoms with Gasteiger partial charge in [-0.05, 0) is 27.3 Å². The van der Waals surface area contributed by atoms with Crippen LogP contribution in [0.25, 0.3) is 0 Å². The van der Waals surface area contributed by atoms with Crippen molar-refractivity contribution >= 4 is 5.84 Å². The number of hydrogen-bond acceptors (Lipinski definition) is 4. The molecular weight excluding hydrogens is 216 g/mol. The number of oxime groups is 1. The Morgan fingerprint density at radius 2 is 2.12 bits per heavy atom. The van der Waals surface area contributed by atoms with Gasteiger partial charge in [-0.2, -0.15) is 0 Å². The van der Waals surface area contributed by atoms with Crippen LogP contribution < -0.4 is 5.73 Å². The van der Waals surface area contributed by atoms with E-state index in [1.54, 1.807) is 0 Å². The number of amidine groups is 1. The minimum Gasteiger partial charge on any atom is -0.409 e. The minimum atomic E-state index is 0.191. The van der Waals surface area contributed by atoms with Gasteiger partial charge in [0.1, 0.15) is 5.84 Å². The Balaban J connectivity index is 2.65. The van der Waals surface area contributed by atoms with Crippen molar-refractivity contribution in [2.75, 3.05) is 26.7 Å². The third-order valence-corrected chi connectivity index (χ3v) is 3.91. The third kappa shape index (κ3) is 3.57. The lowest BCUT2D eigenvalue weighted by Gasteiger charge is -2.47. The fraction of sp³-hybridized carbons (Fsp3) is 0.917. The molecule has 1 saturated heterocycles. The van der Waals surface area contributed by atoms with Crippen LogP contribution in [0.15, 0.2) is 5.16 Å². The van der Waals surface area contributed by atoms with Gasteiger partial charge in [-0.25, -0.2) is 0 Å². The number of nitrogens with zero attached hydrogens (tertiary/aromatic N) is 3. The summed E-state index contributed by atoms with van der Waals surface area (Å²) in [5.74, 6) is 0.327. The normalized spacial score (nSPS) is 24.8. The number of piperazine rings is 1. The lowest BCUT2D eigenvalue weighted by atomic mass is 9.96. The van der Waals surface area contributed by atoms with Gasteiger partial charge in [0.25, 0.3) is 0 Å². The lowest BCUT2D eigenvalue weighted by Crippen LogP contribution is -2.60. The van der Waals surface area contributed by atoms with Crippen LogP contribution in [0.2, 0.25) is 0 Å². The van der Waals surface area contributed by atoms with E-state index in [2.05, 4.69) is 42.8 Å². The van der Waals surface area contributed by atoms with Crippen LogP contribution in [0.4, 0.5) is 0 Å². The zero-order valence-corrected chi connectivity index (χ0v) is 11.5. The molecule has 0 radical (unpaired) electrons. The summed E-state index contributed by atoms with van der Waals surface area (Å²) in [5.41, 5.74) is 5.81. The highest BCUT2D eigenvalue weighted by Gasteiger charge is 2.33. The fourth-order valence-corrected chi connectivity index (χ4v) is 2.40. The van der Waals surface area contributed by atoms with E-state index in [1.807, 2.05) is 0 Å². The van der Waals surface area contributed by atoms with Crippen LogP contribution in [0, 0.1) is 0 Å². The molecule has 0 aliphatic carbocycles. The highest BCUT2D eigenvalue weighted by Crippen LogP contribution is 2.22. The molecule has 0 aromatic carbocycles.